The summed E-state index contributed by atoms with van der Waals surface area (Å²) in [5, 5.41) is 0. The van der Waals surface area contributed by atoms with Crippen LogP contribution < -0.4 is 4.74 Å². The Labute approximate surface area is 196 Å². The summed E-state index contributed by atoms with van der Waals surface area (Å²) in [7, 11) is 0. The first-order valence-electron chi connectivity index (χ1n) is 13.0. The minimum absolute atomic E-state index is 0.131. The van der Waals surface area contributed by atoms with Gasteiger partial charge in [-0.05, 0) is 66.7 Å². The largest absolute Gasteiger partial charge is 0.427 e. The second-order valence-electron chi connectivity index (χ2n) is 10.0. The van der Waals surface area contributed by atoms with E-state index in [1.807, 2.05) is 13.0 Å². The maximum absolute atomic E-state index is 15.0. The van der Waals surface area contributed by atoms with Crippen molar-refractivity contribution in [1.29, 1.82) is 0 Å². The first-order chi connectivity index (χ1) is 15.9. The Morgan fingerprint density at radius 3 is 2.33 bits per heavy atom. The third-order valence-electron chi connectivity index (χ3n) is 7.61. The van der Waals surface area contributed by atoms with Gasteiger partial charge in [-0.25, -0.2) is 4.39 Å². The van der Waals surface area contributed by atoms with Crippen molar-refractivity contribution in [1.82, 2.24) is 0 Å². The SMILES string of the molecule is CCCCCCCC1CCC(c2ccc3c(c2)C(F)(F)Oc2c-3ccc(CCC)c2F)CC1. The molecule has 0 unspecified atom stereocenters. The summed E-state index contributed by atoms with van der Waals surface area (Å²) in [5.41, 5.74) is 2.06. The van der Waals surface area contributed by atoms with Crippen LogP contribution in [0.15, 0.2) is 30.3 Å². The third kappa shape index (κ3) is 5.25. The van der Waals surface area contributed by atoms with Gasteiger partial charge in [0, 0.05) is 5.56 Å². The molecule has 1 aliphatic heterocycles. The fraction of sp³-hybridized carbons (Fsp3) is 0.586. The van der Waals surface area contributed by atoms with Crippen molar-refractivity contribution < 1.29 is 17.9 Å². The lowest BCUT2D eigenvalue weighted by Crippen LogP contribution is -2.28. The summed E-state index contributed by atoms with van der Waals surface area (Å²) >= 11 is 0. The highest BCUT2D eigenvalue weighted by molar-refractivity contribution is 5.77. The Balaban J connectivity index is 1.47. The zero-order valence-electron chi connectivity index (χ0n) is 20.1. The minimum atomic E-state index is -3.53. The van der Waals surface area contributed by atoms with Crippen molar-refractivity contribution in [2.24, 2.45) is 5.92 Å². The van der Waals surface area contributed by atoms with Gasteiger partial charge in [0.1, 0.15) is 0 Å². The zero-order valence-corrected chi connectivity index (χ0v) is 20.1. The molecule has 180 valence electrons. The second-order valence-corrected chi connectivity index (χ2v) is 10.0. The number of fused-ring (bicyclic) bond motifs is 3. The Hall–Kier alpha value is -1.97. The number of benzene rings is 2. The van der Waals surface area contributed by atoms with Crippen molar-refractivity contribution in [3.8, 4) is 16.9 Å². The van der Waals surface area contributed by atoms with Gasteiger partial charge in [0.05, 0.1) is 5.56 Å². The second kappa shape index (κ2) is 10.5. The van der Waals surface area contributed by atoms with Crippen LogP contribution in [0.5, 0.6) is 5.75 Å². The van der Waals surface area contributed by atoms with Gasteiger partial charge in [-0.15, -0.1) is 0 Å². The van der Waals surface area contributed by atoms with Crippen LogP contribution in [0.3, 0.4) is 0 Å². The van der Waals surface area contributed by atoms with E-state index < -0.39 is 11.9 Å². The van der Waals surface area contributed by atoms with Crippen molar-refractivity contribution in [3.63, 3.8) is 0 Å². The highest BCUT2D eigenvalue weighted by Crippen LogP contribution is 2.50. The number of aryl methyl sites for hydroxylation is 1. The summed E-state index contributed by atoms with van der Waals surface area (Å²) in [5.74, 6) is 0.118. The topological polar surface area (TPSA) is 9.23 Å². The molecule has 1 nitrogen and oxygen atoms in total. The zero-order chi connectivity index (χ0) is 23.4. The Kier molecular flexibility index (Phi) is 7.71. The van der Waals surface area contributed by atoms with Crippen LogP contribution in [-0.4, -0.2) is 0 Å². The van der Waals surface area contributed by atoms with Crippen LogP contribution in [-0.2, 0) is 12.5 Å². The van der Waals surface area contributed by atoms with Crippen LogP contribution in [0.1, 0.15) is 107 Å². The van der Waals surface area contributed by atoms with Crippen molar-refractivity contribution in [2.75, 3.05) is 0 Å². The number of unbranched alkanes of at least 4 members (excludes halogenated alkanes) is 4. The van der Waals surface area contributed by atoms with E-state index in [1.165, 1.54) is 51.4 Å². The van der Waals surface area contributed by atoms with Crippen LogP contribution in [0.2, 0.25) is 0 Å². The predicted octanol–water partition coefficient (Wildman–Crippen LogP) is 9.52. The molecule has 0 atom stereocenters. The van der Waals surface area contributed by atoms with Crippen LogP contribution in [0.4, 0.5) is 13.2 Å². The Morgan fingerprint density at radius 2 is 1.61 bits per heavy atom. The van der Waals surface area contributed by atoms with Crippen molar-refractivity contribution >= 4 is 0 Å². The van der Waals surface area contributed by atoms with Gasteiger partial charge in [0.2, 0.25) is 0 Å². The number of hydrogen-bond donors (Lipinski definition) is 0. The molecular weight excluding hydrogens is 421 g/mol. The van der Waals surface area contributed by atoms with Gasteiger partial charge in [-0.3, -0.25) is 0 Å². The molecule has 4 rings (SSSR count). The van der Waals surface area contributed by atoms with E-state index in [-0.39, 0.29) is 11.3 Å². The molecule has 0 saturated heterocycles. The molecule has 0 amide bonds. The lowest BCUT2D eigenvalue weighted by molar-refractivity contribution is -0.188. The standard InChI is InChI=1S/C29H37F3O/c1-3-5-6-7-8-10-20-11-13-21(14-12-20)23-16-17-24-25-18-15-22(9-4-2)27(30)28(25)33-29(31,32)26(24)19-23/h15-21H,3-14H2,1-2H3. The molecular formula is C29H37F3O. The van der Waals surface area contributed by atoms with Crippen LogP contribution >= 0.6 is 0 Å². The molecule has 0 radical (unpaired) electrons. The van der Waals surface area contributed by atoms with Gasteiger partial charge < -0.3 is 4.74 Å². The highest BCUT2D eigenvalue weighted by Gasteiger charge is 2.43. The molecule has 2 aromatic rings. The number of rotatable bonds is 9. The first kappa shape index (κ1) is 24.2. The molecule has 4 heteroatoms. The molecule has 2 aliphatic rings. The lowest BCUT2D eigenvalue weighted by atomic mass is 9.76. The number of halogens is 3. The molecule has 0 bridgehead atoms. The maximum Gasteiger partial charge on any atom is 0.427 e. The van der Waals surface area contributed by atoms with Gasteiger partial charge in [-0.1, -0.05) is 83.1 Å². The van der Waals surface area contributed by atoms with E-state index in [4.69, 9.17) is 4.74 Å². The Bertz CT molecular complexity index is 944. The molecule has 1 aliphatic carbocycles. The van der Waals surface area contributed by atoms with E-state index in [0.717, 1.165) is 30.7 Å². The number of hydrogen-bond acceptors (Lipinski definition) is 1. The molecule has 1 saturated carbocycles. The van der Waals surface area contributed by atoms with E-state index >= 15 is 8.78 Å². The van der Waals surface area contributed by atoms with E-state index in [2.05, 4.69) is 6.92 Å². The van der Waals surface area contributed by atoms with Gasteiger partial charge in [-0.2, -0.15) is 8.78 Å². The fourth-order valence-corrected chi connectivity index (χ4v) is 5.67. The van der Waals surface area contributed by atoms with Gasteiger partial charge in [0.15, 0.2) is 11.6 Å². The summed E-state index contributed by atoms with van der Waals surface area (Å²) in [4.78, 5) is 0. The number of ether oxygens (including phenoxy) is 1. The fourth-order valence-electron chi connectivity index (χ4n) is 5.67. The average Bonchev–Trinajstić information content (AvgIpc) is 2.81. The molecule has 2 aromatic carbocycles. The summed E-state index contributed by atoms with van der Waals surface area (Å²) in [6.45, 7) is 4.18. The minimum Gasteiger partial charge on any atom is -0.425 e. The quantitative estimate of drug-likeness (QED) is 0.340. The molecule has 0 aromatic heterocycles. The normalized spacial score (nSPS) is 21.2. The average molecular weight is 459 g/mol. The number of alkyl halides is 2. The van der Waals surface area contributed by atoms with Crippen molar-refractivity contribution in [3.05, 3.63) is 52.8 Å². The van der Waals surface area contributed by atoms with Gasteiger partial charge in [0.25, 0.3) is 0 Å². The van der Waals surface area contributed by atoms with Gasteiger partial charge >= 0.3 is 6.11 Å². The van der Waals surface area contributed by atoms with E-state index in [9.17, 15) is 4.39 Å². The van der Waals surface area contributed by atoms with E-state index in [1.54, 1.807) is 24.3 Å². The molecule has 1 heterocycles. The Morgan fingerprint density at radius 1 is 0.879 bits per heavy atom. The summed E-state index contributed by atoms with van der Waals surface area (Å²) in [6.07, 6.45) is 10.1. The maximum atomic E-state index is 15.0. The monoisotopic (exact) mass is 458 g/mol. The molecule has 33 heavy (non-hydrogen) atoms. The first-order valence-corrected chi connectivity index (χ1v) is 13.0. The molecule has 1 fully saturated rings. The molecule has 0 spiro atoms. The summed E-state index contributed by atoms with van der Waals surface area (Å²) < 4.78 is 49.9. The van der Waals surface area contributed by atoms with Crippen LogP contribution in [0, 0.1) is 11.7 Å². The van der Waals surface area contributed by atoms with E-state index in [0.29, 0.717) is 29.0 Å². The lowest BCUT2D eigenvalue weighted by Gasteiger charge is -2.32. The third-order valence-corrected chi connectivity index (χ3v) is 7.61. The summed E-state index contributed by atoms with van der Waals surface area (Å²) in [6, 6.07) is 8.76. The van der Waals surface area contributed by atoms with Crippen molar-refractivity contribution in [2.45, 2.75) is 103 Å². The molecule has 0 N–H and O–H groups in total. The smallest absolute Gasteiger partial charge is 0.425 e. The van der Waals surface area contributed by atoms with Crippen LogP contribution in [0.25, 0.3) is 11.1 Å². The highest BCUT2D eigenvalue weighted by atomic mass is 19.3. The predicted molar refractivity (Wildman–Crippen MR) is 128 cm³/mol.